The van der Waals surface area contributed by atoms with Crippen molar-refractivity contribution in [2.24, 2.45) is 11.7 Å². The zero-order valence-corrected chi connectivity index (χ0v) is 12.1. The highest BCUT2D eigenvalue weighted by Gasteiger charge is 2.32. The van der Waals surface area contributed by atoms with E-state index in [2.05, 4.69) is 5.32 Å². The molecule has 4 nitrogen and oxygen atoms in total. The predicted octanol–water partition coefficient (Wildman–Crippen LogP) is 1.97. The average Bonchev–Trinajstić information content (AvgIpc) is 3.22. The molecule has 0 bridgehead atoms. The first-order chi connectivity index (χ1) is 9.20. The van der Waals surface area contributed by atoms with Crippen molar-refractivity contribution < 1.29 is 9.53 Å². The van der Waals surface area contributed by atoms with E-state index in [1.54, 1.807) is 0 Å². The quantitative estimate of drug-likeness (QED) is 0.724. The smallest absolute Gasteiger partial charge is 0.249 e. The van der Waals surface area contributed by atoms with Gasteiger partial charge in [0.2, 0.25) is 5.91 Å². The maximum Gasteiger partial charge on any atom is 0.249 e. The van der Waals surface area contributed by atoms with Crippen LogP contribution in [0.1, 0.15) is 58.3 Å². The van der Waals surface area contributed by atoms with Crippen LogP contribution in [0.5, 0.6) is 0 Å². The van der Waals surface area contributed by atoms with Gasteiger partial charge in [-0.3, -0.25) is 4.79 Å². The van der Waals surface area contributed by atoms with Crippen LogP contribution < -0.4 is 11.1 Å². The first-order valence-electron chi connectivity index (χ1n) is 7.86. The number of hydrogen-bond acceptors (Lipinski definition) is 3. The molecule has 0 aromatic rings. The van der Waals surface area contributed by atoms with Crippen LogP contribution in [0.15, 0.2) is 0 Å². The molecule has 2 unspecified atom stereocenters. The van der Waals surface area contributed by atoms with Crippen LogP contribution in [0.25, 0.3) is 0 Å². The van der Waals surface area contributed by atoms with E-state index in [9.17, 15) is 4.79 Å². The molecule has 4 heteroatoms. The third-order valence-electron chi connectivity index (χ3n) is 4.34. The second-order valence-corrected chi connectivity index (χ2v) is 6.08. The van der Waals surface area contributed by atoms with Gasteiger partial charge in [-0.1, -0.05) is 25.7 Å². The lowest BCUT2D eigenvalue weighted by atomic mass is 10.1. The van der Waals surface area contributed by atoms with Crippen molar-refractivity contribution >= 4 is 5.91 Å². The highest BCUT2D eigenvalue weighted by atomic mass is 16.5. The first-order valence-corrected chi connectivity index (χ1v) is 7.86. The van der Waals surface area contributed by atoms with Gasteiger partial charge in [0.05, 0.1) is 6.10 Å². The van der Waals surface area contributed by atoms with Gasteiger partial charge < -0.3 is 15.8 Å². The van der Waals surface area contributed by atoms with E-state index >= 15 is 0 Å². The van der Waals surface area contributed by atoms with Crippen molar-refractivity contribution in [2.75, 3.05) is 6.54 Å². The highest BCUT2D eigenvalue weighted by molar-refractivity contribution is 5.80. The fraction of sp³-hybridized carbons (Fsp3) is 0.933. The lowest BCUT2D eigenvalue weighted by Gasteiger charge is -2.23. The Kier molecular flexibility index (Phi) is 5.64. The summed E-state index contributed by atoms with van der Waals surface area (Å²) in [5, 5.41) is 3.04. The Labute approximate surface area is 116 Å². The SMILES string of the molecule is CC(OC1CCCCCC1)C(=O)NC(CN)C1CC1. The molecule has 19 heavy (non-hydrogen) atoms. The number of nitrogens with one attached hydrogen (secondary N) is 1. The monoisotopic (exact) mass is 268 g/mol. The van der Waals surface area contributed by atoms with Crippen molar-refractivity contribution in [1.29, 1.82) is 0 Å². The molecular formula is C15H28N2O2. The summed E-state index contributed by atoms with van der Waals surface area (Å²) in [7, 11) is 0. The van der Waals surface area contributed by atoms with Crippen molar-refractivity contribution in [3.63, 3.8) is 0 Å². The standard InChI is InChI=1S/C15H28N2O2/c1-11(19-13-6-4-2-3-5-7-13)15(18)17-14(10-16)12-8-9-12/h11-14H,2-10,16H2,1H3,(H,17,18). The molecule has 0 saturated heterocycles. The molecule has 0 aliphatic heterocycles. The van der Waals surface area contributed by atoms with E-state index in [-0.39, 0.29) is 24.2 Å². The Bertz CT molecular complexity index is 284. The lowest BCUT2D eigenvalue weighted by molar-refractivity contribution is -0.136. The van der Waals surface area contributed by atoms with Crippen LogP contribution in [0.3, 0.4) is 0 Å². The summed E-state index contributed by atoms with van der Waals surface area (Å²) in [6, 6.07) is 0.146. The lowest BCUT2D eigenvalue weighted by Crippen LogP contribution is -2.46. The fourth-order valence-corrected chi connectivity index (χ4v) is 2.90. The minimum absolute atomic E-state index is 0.00611. The third-order valence-corrected chi connectivity index (χ3v) is 4.34. The summed E-state index contributed by atoms with van der Waals surface area (Å²) in [5.41, 5.74) is 5.71. The van der Waals surface area contributed by atoms with E-state index < -0.39 is 0 Å². The summed E-state index contributed by atoms with van der Waals surface area (Å²) in [4.78, 5) is 12.1. The highest BCUT2D eigenvalue weighted by Crippen LogP contribution is 2.32. The zero-order chi connectivity index (χ0) is 13.7. The van der Waals surface area contributed by atoms with Gasteiger partial charge >= 0.3 is 0 Å². The summed E-state index contributed by atoms with van der Waals surface area (Å²) in [5.74, 6) is 0.602. The normalized spacial score (nSPS) is 24.5. The van der Waals surface area contributed by atoms with E-state index in [1.807, 2.05) is 6.92 Å². The van der Waals surface area contributed by atoms with E-state index in [0.29, 0.717) is 12.5 Å². The number of hydrogen-bond donors (Lipinski definition) is 2. The maximum absolute atomic E-state index is 12.1. The molecule has 2 saturated carbocycles. The van der Waals surface area contributed by atoms with Crippen molar-refractivity contribution in [3.8, 4) is 0 Å². The molecule has 2 rings (SSSR count). The predicted molar refractivity (Wildman–Crippen MR) is 75.7 cm³/mol. The third kappa shape index (κ3) is 4.77. The van der Waals surface area contributed by atoms with Gasteiger partial charge in [0.15, 0.2) is 0 Å². The number of carbonyl (C=O) groups is 1. The Hall–Kier alpha value is -0.610. The number of nitrogens with two attached hydrogens (primary N) is 1. The molecule has 0 radical (unpaired) electrons. The van der Waals surface area contributed by atoms with Gasteiger partial charge in [-0.25, -0.2) is 0 Å². The maximum atomic E-state index is 12.1. The van der Waals surface area contributed by atoms with E-state index in [1.165, 1.54) is 38.5 Å². The van der Waals surface area contributed by atoms with Crippen LogP contribution >= 0.6 is 0 Å². The Morgan fingerprint density at radius 2 is 1.84 bits per heavy atom. The van der Waals surface area contributed by atoms with Gasteiger partial charge in [0, 0.05) is 12.6 Å². The molecular weight excluding hydrogens is 240 g/mol. The molecule has 3 N–H and O–H groups in total. The Morgan fingerprint density at radius 3 is 2.37 bits per heavy atom. The topological polar surface area (TPSA) is 64.3 Å². The van der Waals surface area contributed by atoms with Crippen molar-refractivity contribution in [3.05, 3.63) is 0 Å². The van der Waals surface area contributed by atoms with Crippen LogP contribution in [0, 0.1) is 5.92 Å². The molecule has 2 aliphatic carbocycles. The van der Waals surface area contributed by atoms with Gasteiger partial charge in [0.25, 0.3) is 0 Å². The summed E-state index contributed by atoms with van der Waals surface area (Å²) in [6.45, 7) is 2.40. The summed E-state index contributed by atoms with van der Waals surface area (Å²) < 4.78 is 5.93. The first kappa shape index (κ1) is 14.8. The van der Waals surface area contributed by atoms with E-state index in [4.69, 9.17) is 10.5 Å². The van der Waals surface area contributed by atoms with E-state index in [0.717, 1.165) is 12.8 Å². The van der Waals surface area contributed by atoms with Crippen LogP contribution in [0.2, 0.25) is 0 Å². The number of amides is 1. The molecule has 2 aliphatic rings. The fourth-order valence-electron chi connectivity index (χ4n) is 2.90. The van der Waals surface area contributed by atoms with Crippen LogP contribution in [-0.4, -0.2) is 30.7 Å². The minimum atomic E-state index is -0.351. The van der Waals surface area contributed by atoms with Gasteiger partial charge in [0.1, 0.15) is 6.10 Å². The number of ether oxygens (including phenoxy) is 1. The Morgan fingerprint density at radius 1 is 1.21 bits per heavy atom. The number of carbonyl (C=O) groups excluding carboxylic acids is 1. The minimum Gasteiger partial charge on any atom is -0.365 e. The van der Waals surface area contributed by atoms with Crippen molar-refractivity contribution in [1.82, 2.24) is 5.32 Å². The van der Waals surface area contributed by atoms with Crippen LogP contribution in [0.4, 0.5) is 0 Å². The molecule has 0 spiro atoms. The number of rotatable bonds is 6. The van der Waals surface area contributed by atoms with Crippen LogP contribution in [-0.2, 0) is 9.53 Å². The molecule has 0 aromatic heterocycles. The molecule has 2 atom stereocenters. The molecule has 110 valence electrons. The largest absolute Gasteiger partial charge is 0.365 e. The van der Waals surface area contributed by atoms with Gasteiger partial charge in [-0.2, -0.15) is 0 Å². The molecule has 0 aromatic carbocycles. The van der Waals surface area contributed by atoms with Gasteiger partial charge in [-0.15, -0.1) is 0 Å². The second-order valence-electron chi connectivity index (χ2n) is 6.08. The second kappa shape index (κ2) is 7.25. The van der Waals surface area contributed by atoms with Gasteiger partial charge in [-0.05, 0) is 38.5 Å². The van der Waals surface area contributed by atoms with Crippen molar-refractivity contribution in [2.45, 2.75) is 76.5 Å². The molecule has 2 fully saturated rings. The average molecular weight is 268 g/mol. The molecule has 0 heterocycles. The zero-order valence-electron chi connectivity index (χ0n) is 12.1. The molecule has 1 amide bonds. The summed E-state index contributed by atoms with van der Waals surface area (Å²) >= 11 is 0. The Balaban J connectivity index is 1.74. The summed E-state index contributed by atoms with van der Waals surface area (Å²) in [6.07, 6.45) is 9.56.